The summed E-state index contributed by atoms with van der Waals surface area (Å²) in [6.07, 6.45) is 1.33. The Morgan fingerprint density at radius 3 is 3.00 bits per heavy atom. The molecule has 1 rings (SSSR count). The highest BCUT2D eigenvalue weighted by molar-refractivity contribution is 7.84. The summed E-state index contributed by atoms with van der Waals surface area (Å²) in [5.74, 6) is 1.71. The van der Waals surface area contributed by atoms with E-state index < -0.39 is 10.8 Å². The highest BCUT2D eigenvalue weighted by Crippen LogP contribution is 2.21. The SMILES string of the molecule is CCS(=O)CCNc1ncnc(Cl)c1N. The monoisotopic (exact) mass is 248 g/mol. The molecule has 1 unspecified atom stereocenters. The zero-order chi connectivity index (χ0) is 11.3. The van der Waals surface area contributed by atoms with E-state index in [4.69, 9.17) is 17.3 Å². The zero-order valence-electron chi connectivity index (χ0n) is 8.36. The summed E-state index contributed by atoms with van der Waals surface area (Å²) >= 11 is 5.71. The fraction of sp³-hybridized carbons (Fsp3) is 0.500. The Morgan fingerprint density at radius 2 is 2.33 bits per heavy atom. The molecule has 1 atom stereocenters. The summed E-state index contributed by atoms with van der Waals surface area (Å²) in [5, 5.41) is 3.19. The third-order valence-corrected chi connectivity index (χ3v) is 3.38. The first-order valence-corrected chi connectivity index (χ1v) is 6.36. The van der Waals surface area contributed by atoms with E-state index in [2.05, 4.69) is 15.3 Å². The molecule has 1 aromatic rings. The van der Waals surface area contributed by atoms with Gasteiger partial charge in [-0.05, 0) is 0 Å². The number of nitrogens with two attached hydrogens (primary N) is 1. The number of rotatable bonds is 5. The van der Waals surface area contributed by atoms with Gasteiger partial charge in [-0.15, -0.1) is 0 Å². The molecule has 7 heteroatoms. The van der Waals surface area contributed by atoms with E-state index in [1.165, 1.54) is 6.33 Å². The molecule has 1 heterocycles. The van der Waals surface area contributed by atoms with Crippen molar-refractivity contribution in [3.63, 3.8) is 0 Å². The number of nitrogens with one attached hydrogen (secondary N) is 1. The van der Waals surface area contributed by atoms with Crippen molar-refractivity contribution in [1.29, 1.82) is 0 Å². The van der Waals surface area contributed by atoms with Gasteiger partial charge in [0.1, 0.15) is 12.0 Å². The van der Waals surface area contributed by atoms with Gasteiger partial charge >= 0.3 is 0 Å². The van der Waals surface area contributed by atoms with Crippen LogP contribution in [0.25, 0.3) is 0 Å². The van der Waals surface area contributed by atoms with E-state index in [0.29, 0.717) is 29.6 Å². The van der Waals surface area contributed by atoms with Crippen LogP contribution in [0.15, 0.2) is 6.33 Å². The average molecular weight is 249 g/mol. The highest BCUT2D eigenvalue weighted by Gasteiger charge is 2.05. The van der Waals surface area contributed by atoms with Gasteiger partial charge in [-0.2, -0.15) is 0 Å². The maximum atomic E-state index is 11.1. The zero-order valence-corrected chi connectivity index (χ0v) is 9.94. The van der Waals surface area contributed by atoms with Crippen molar-refractivity contribution in [3.05, 3.63) is 11.5 Å². The third-order valence-electron chi connectivity index (χ3n) is 1.78. The molecule has 0 amide bonds. The molecule has 0 fully saturated rings. The van der Waals surface area contributed by atoms with Gasteiger partial charge in [0.15, 0.2) is 11.0 Å². The quantitative estimate of drug-likeness (QED) is 0.757. The molecule has 0 spiro atoms. The third kappa shape index (κ3) is 3.64. The Labute approximate surface area is 95.9 Å². The van der Waals surface area contributed by atoms with E-state index in [1.54, 1.807) is 0 Å². The molecule has 3 N–H and O–H groups in total. The van der Waals surface area contributed by atoms with E-state index >= 15 is 0 Å². The summed E-state index contributed by atoms with van der Waals surface area (Å²) < 4.78 is 11.1. The van der Waals surface area contributed by atoms with Crippen LogP contribution in [0.2, 0.25) is 5.15 Å². The first kappa shape index (κ1) is 12.2. The van der Waals surface area contributed by atoms with Gasteiger partial charge in [-0.3, -0.25) is 4.21 Å². The van der Waals surface area contributed by atoms with Crippen molar-refractivity contribution in [3.8, 4) is 0 Å². The number of hydrogen-bond acceptors (Lipinski definition) is 5. The van der Waals surface area contributed by atoms with Crippen LogP contribution >= 0.6 is 11.6 Å². The molecule has 0 aromatic carbocycles. The number of anilines is 2. The summed E-state index contributed by atoms with van der Waals surface area (Å²) in [6.45, 7) is 2.43. The lowest BCUT2D eigenvalue weighted by Gasteiger charge is -2.07. The largest absolute Gasteiger partial charge is 0.393 e. The molecule has 1 aromatic heterocycles. The highest BCUT2D eigenvalue weighted by atomic mass is 35.5. The molecular weight excluding hydrogens is 236 g/mol. The smallest absolute Gasteiger partial charge is 0.157 e. The van der Waals surface area contributed by atoms with Crippen LogP contribution in [-0.4, -0.2) is 32.2 Å². The van der Waals surface area contributed by atoms with Crippen LogP contribution in [0.1, 0.15) is 6.92 Å². The predicted molar refractivity (Wildman–Crippen MR) is 63.5 cm³/mol. The van der Waals surface area contributed by atoms with Gasteiger partial charge < -0.3 is 11.1 Å². The molecule has 0 radical (unpaired) electrons. The number of nitrogen functional groups attached to an aromatic ring is 1. The summed E-state index contributed by atoms with van der Waals surface area (Å²) in [6, 6.07) is 0. The van der Waals surface area contributed by atoms with Crippen molar-refractivity contribution in [2.75, 3.05) is 29.1 Å². The lowest BCUT2D eigenvalue weighted by Crippen LogP contribution is -2.14. The second-order valence-electron chi connectivity index (χ2n) is 2.79. The second kappa shape index (κ2) is 5.87. The van der Waals surface area contributed by atoms with Gasteiger partial charge in [0, 0.05) is 28.9 Å². The van der Waals surface area contributed by atoms with Crippen molar-refractivity contribution < 1.29 is 4.21 Å². The summed E-state index contributed by atoms with van der Waals surface area (Å²) in [7, 11) is -0.792. The van der Waals surface area contributed by atoms with Gasteiger partial charge in [-0.1, -0.05) is 18.5 Å². The van der Waals surface area contributed by atoms with Gasteiger partial charge in [0.05, 0.1) is 0 Å². The number of halogens is 1. The lowest BCUT2D eigenvalue weighted by molar-refractivity contribution is 0.684. The van der Waals surface area contributed by atoms with E-state index in [1.807, 2.05) is 6.92 Å². The van der Waals surface area contributed by atoms with E-state index in [-0.39, 0.29) is 5.15 Å². The predicted octanol–water partition coefficient (Wildman–Crippen LogP) is 0.893. The Kier molecular flexibility index (Phi) is 4.77. The molecule has 0 saturated carbocycles. The van der Waals surface area contributed by atoms with Gasteiger partial charge in [0.25, 0.3) is 0 Å². The van der Waals surface area contributed by atoms with Crippen molar-refractivity contribution in [1.82, 2.24) is 9.97 Å². The standard InChI is InChI=1S/C8H13ClN4OS/c1-2-15(14)4-3-11-8-6(10)7(9)12-5-13-8/h5H,2-4,10H2,1H3,(H,11,12,13). The molecule has 0 aliphatic rings. The van der Waals surface area contributed by atoms with E-state index in [9.17, 15) is 4.21 Å². The van der Waals surface area contributed by atoms with Crippen molar-refractivity contribution in [2.24, 2.45) is 0 Å². The Morgan fingerprint density at radius 1 is 1.60 bits per heavy atom. The first-order valence-electron chi connectivity index (χ1n) is 4.50. The van der Waals surface area contributed by atoms with Crippen LogP contribution in [0.3, 0.4) is 0 Å². The maximum Gasteiger partial charge on any atom is 0.157 e. The van der Waals surface area contributed by atoms with Crippen molar-refractivity contribution >= 4 is 33.9 Å². The van der Waals surface area contributed by atoms with Crippen LogP contribution in [0, 0.1) is 0 Å². The van der Waals surface area contributed by atoms with Gasteiger partial charge in [-0.25, -0.2) is 9.97 Å². The topological polar surface area (TPSA) is 80.9 Å². The fourth-order valence-corrected chi connectivity index (χ4v) is 1.69. The number of nitrogens with zero attached hydrogens (tertiary/aromatic N) is 2. The molecule has 0 saturated heterocycles. The second-order valence-corrected chi connectivity index (χ2v) is 5.01. The van der Waals surface area contributed by atoms with E-state index in [0.717, 1.165) is 0 Å². The minimum atomic E-state index is -0.792. The Balaban J connectivity index is 2.51. The Hall–Kier alpha value is -0.880. The minimum absolute atomic E-state index is 0.226. The molecule has 0 aliphatic carbocycles. The summed E-state index contributed by atoms with van der Waals surface area (Å²) in [4.78, 5) is 7.66. The molecule has 15 heavy (non-hydrogen) atoms. The molecular formula is C8H13ClN4OS. The van der Waals surface area contributed by atoms with Crippen molar-refractivity contribution in [2.45, 2.75) is 6.92 Å². The average Bonchev–Trinajstić information content (AvgIpc) is 2.24. The van der Waals surface area contributed by atoms with Crippen LogP contribution in [-0.2, 0) is 10.8 Å². The molecule has 5 nitrogen and oxygen atoms in total. The minimum Gasteiger partial charge on any atom is -0.393 e. The fourth-order valence-electron chi connectivity index (χ4n) is 0.943. The first-order chi connectivity index (χ1) is 7.15. The molecule has 0 bridgehead atoms. The maximum absolute atomic E-state index is 11.1. The lowest BCUT2D eigenvalue weighted by atomic mass is 10.5. The molecule has 84 valence electrons. The molecule has 0 aliphatic heterocycles. The van der Waals surface area contributed by atoms with Crippen LogP contribution in [0.5, 0.6) is 0 Å². The van der Waals surface area contributed by atoms with Gasteiger partial charge in [0.2, 0.25) is 0 Å². The summed E-state index contributed by atoms with van der Waals surface area (Å²) in [5.41, 5.74) is 5.96. The van der Waals surface area contributed by atoms with Crippen LogP contribution in [0.4, 0.5) is 11.5 Å². The normalized spacial score (nSPS) is 12.4. The Bertz CT molecular complexity index is 360. The number of aromatic nitrogens is 2. The van der Waals surface area contributed by atoms with Crippen LogP contribution < -0.4 is 11.1 Å². The number of hydrogen-bond donors (Lipinski definition) is 2.